The van der Waals surface area contributed by atoms with Gasteiger partial charge in [-0.05, 0) is 42.2 Å². The first-order valence-corrected chi connectivity index (χ1v) is 10.3. The largest absolute Gasteiger partial charge is 0.481 e. The van der Waals surface area contributed by atoms with Crippen molar-refractivity contribution in [3.63, 3.8) is 0 Å². The molecular weight excluding hydrogens is 378 g/mol. The second-order valence-electron chi connectivity index (χ2n) is 7.69. The van der Waals surface area contributed by atoms with E-state index < -0.39 is 16.1 Å². The van der Waals surface area contributed by atoms with Crippen molar-refractivity contribution in [3.8, 4) is 5.75 Å². The zero-order valence-corrected chi connectivity index (χ0v) is 17.9. The number of pyridine rings is 1. The number of sulfonamides is 1. The molecule has 7 nitrogen and oxygen atoms in total. The van der Waals surface area contributed by atoms with E-state index in [0.717, 1.165) is 9.87 Å². The molecule has 2 aromatic rings. The lowest BCUT2D eigenvalue weighted by Gasteiger charge is -2.21. The fourth-order valence-corrected chi connectivity index (χ4v) is 3.19. The predicted octanol–water partition coefficient (Wildman–Crippen LogP) is 3.04. The minimum atomic E-state index is -3.56. The Hall–Kier alpha value is -2.45. The Morgan fingerprint density at radius 1 is 1.18 bits per heavy atom. The molecule has 0 bridgehead atoms. The van der Waals surface area contributed by atoms with Gasteiger partial charge in [0.15, 0.2) is 6.10 Å². The summed E-state index contributed by atoms with van der Waals surface area (Å²) in [5, 5.41) is 2.63. The highest BCUT2D eigenvalue weighted by atomic mass is 32.2. The lowest BCUT2D eigenvalue weighted by atomic mass is 9.87. The number of nitrogens with one attached hydrogen (secondary N) is 1. The number of carbonyl (C=O) groups is 1. The number of rotatable bonds is 6. The molecule has 0 radical (unpaired) electrons. The van der Waals surface area contributed by atoms with E-state index in [1.165, 1.54) is 32.4 Å². The van der Waals surface area contributed by atoms with Gasteiger partial charge in [0.05, 0.1) is 0 Å². The molecule has 1 atom stereocenters. The molecule has 1 aromatic carbocycles. The monoisotopic (exact) mass is 405 g/mol. The number of carbonyl (C=O) groups excluding carboxylic acids is 1. The van der Waals surface area contributed by atoms with E-state index in [4.69, 9.17) is 4.74 Å². The second kappa shape index (κ2) is 8.28. The maximum absolute atomic E-state index is 12.4. The Morgan fingerprint density at radius 3 is 2.39 bits per heavy atom. The number of hydrogen-bond donors (Lipinski definition) is 1. The molecule has 0 saturated carbocycles. The zero-order valence-electron chi connectivity index (χ0n) is 17.1. The maximum atomic E-state index is 12.4. The molecule has 0 saturated heterocycles. The van der Waals surface area contributed by atoms with Crippen LogP contribution < -0.4 is 10.1 Å². The SMILES string of the molecule is CC(Oc1cccc(C(C)(C)C)c1)C(=O)Nc1ccc(S(=O)(=O)N(C)C)cn1. The van der Waals surface area contributed by atoms with Crippen LogP contribution in [0.25, 0.3) is 0 Å². The van der Waals surface area contributed by atoms with Crippen LogP contribution in [-0.2, 0) is 20.2 Å². The van der Waals surface area contributed by atoms with E-state index in [0.29, 0.717) is 5.75 Å². The molecule has 0 spiro atoms. The first kappa shape index (κ1) is 21.8. The summed E-state index contributed by atoms with van der Waals surface area (Å²) in [4.78, 5) is 16.5. The number of nitrogens with zero attached hydrogens (tertiary/aromatic N) is 2. The van der Waals surface area contributed by atoms with Crippen LogP contribution in [0, 0.1) is 0 Å². The van der Waals surface area contributed by atoms with Crippen molar-refractivity contribution in [2.75, 3.05) is 19.4 Å². The molecule has 2 rings (SSSR count). The standard InChI is InChI=1S/C20H27N3O4S/c1-14(27-16-9-7-8-15(12-16)20(2,3)4)19(24)22-18-11-10-17(13-21-18)28(25,26)23(5)6/h7-14H,1-6H3,(H,21,22,24). The zero-order chi connectivity index (χ0) is 21.1. The van der Waals surface area contributed by atoms with E-state index in [9.17, 15) is 13.2 Å². The molecule has 1 heterocycles. The fourth-order valence-electron chi connectivity index (χ4n) is 2.34. The maximum Gasteiger partial charge on any atom is 0.266 e. The van der Waals surface area contributed by atoms with E-state index in [-0.39, 0.29) is 22.0 Å². The molecule has 0 aliphatic heterocycles. The van der Waals surface area contributed by atoms with Gasteiger partial charge in [0.2, 0.25) is 10.0 Å². The summed E-state index contributed by atoms with van der Waals surface area (Å²) < 4.78 is 31.0. The van der Waals surface area contributed by atoms with Crippen molar-refractivity contribution in [3.05, 3.63) is 48.2 Å². The molecule has 1 amide bonds. The Bertz CT molecular complexity index is 933. The van der Waals surface area contributed by atoms with Gasteiger partial charge in [0.1, 0.15) is 16.5 Å². The molecular formula is C20H27N3O4S. The van der Waals surface area contributed by atoms with Gasteiger partial charge in [-0.3, -0.25) is 4.79 Å². The minimum absolute atomic E-state index is 0.0244. The third-order valence-corrected chi connectivity index (χ3v) is 5.95. The van der Waals surface area contributed by atoms with Gasteiger partial charge < -0.3 is 10.1 Å². The highest BCUT2D eigenvalue weighted by Gasteiger charge is 2.20. The van der Waals surface area contributed by atoms with Crippen LogP contribution in [0.1, 0.15) is 33.3 Å². The van der Waals surface area contributed by atoms with Crippen molar-refractivity contribution in [2.45, 2.75) is 44.1 Å². The minimum Gasteiger partial charge on any atom is -0.481 e. The summed E-state index contributed by atoms with van der Waals surface area (Å²) in [6.45, 7) is 7.96. The number of aromatic nitrogens is 1. The van der Waals surface area contributed by atoms with Crippen LogP contribution in [0.15, 0.2) is 47.5 Å². The molecule has 0 aliphatic rings. The highest BCUT2D eigenvalue weighted by Crippen LogP contribution is 2.26. The predicted molar refractivity (Wildman–Crippen MR) is 109 cm³/mol. The highest BCUT2D eigenvalue weighted by molar-refractivity contribution is 7.89. The van der Waals surface area contributed by atoms with Gasteiger partial charge in [-0.2, -0.15) is 0 Å². The lowest BCUT2D eigenvalue weighted by Crippen LogP contribution is -2.30. The second-order valence-corrected chi connectivity index (χ2v) is 9.85. The van der Waals surface area contributed by atoms with Crippen molar-refractivity contribution in [1.82, 2.24) is 9.29 Å². The Morgan fingerprint density at radius 2 is 1.86 bits per heavy atom. The van der Waals surface area contributed by atoms with Crippen LogP contribution in [0.4, 0.5) is 5.82 Å². The Labute approximate surface area is 166 Å². The first-order chi connectivity index (χ1) is 12.9. The summed E-state index contributed by atoms with van der Waals surface area (Å²) in [6, 6.07) is 10.5. The number of amides is 1. The number of benzene rings is 1. The topological polar surface area (TPSA) is 88.6 Å². The van der Waals surface area contributed by atoms with E-state index in [1.54, 1.807) is 13.0 Å². The Balaban J connectivity index is 2.05. The smallest absolute Gasteiger partial charge is 0.266 e. The molecule has 1 aromatic heterocycles. The van der Waals surface area contributed by atoms with Gasteiger partial charge in [-0.15, -0.1) is 0 Å². The fraction of sp³-hybridized carbons (Fsp3) is 0.400. The molecule has 152 valence electrons. The average Bonchev–Trinajstić information content (AvgIpc) is 2.61. The molecule has 28 heavy (non-hydrogen) atoms. The summed E-state index contributed by atoms with van der Waals surface area (Å²) >= 11 is 0. The summed E-state index contributed by atoms with van der Waals surface area (Å²) in [6.07, 6.45) is 0.464. The number of ether oxygens (including phenoxy) is 1. The van der Waals surface area contributed by atoms with Gasteiger partial charge in [-0.1, -0.05) is 32.9 Å². The van der Waals surface area contributed by atoms with Crippen LogP contribution in [0.5, 0.6) is 5.75 Å². The molecule has 1 N–H and O–H groups in total. The average molecular weight is 406 g/mol. The van der Waals surface area contributed by atoms with Crippen LogP contribution in [0.2, 0.25) is 0 Å². The van der Waals surface area contributed by atoms with Crippen molar-refractivity contribution in [2.24, 2.45) is 0 Å². The Kier molecular flexibility index (Phi) is 6.46. The summed E-state index contributed by atoms with van der Waals surface area (Å²) in [5.74, 6) is 0.480. The summed E-state index contributed by atoms with van der Waals surface area (Å²) in [7, 11) is -0.676. The van der Waals surface area contributed by atoms with Crippen LogP contribution in [-0.4, -0.2) is 43.8 Å². The van der Waals surface area contributed by atoms with E-state index in [2.05, 4.69) is 31.1 Å². The van der Waals surface area contributed by atoms with Crippen LogP contribution in [0.3, 0.4) is 0 Å². The molecule has 8 heteroatoms. The first-order valence-electron chi connectivity index (χ1n) is 8.88. The van der Waals surface area contributed by atoms with Crippen molar-refractivity contribution in [1.29, 1.82) is 0 Å². The number of hydrogen-bond acceptors (Lipinski definition) is 5. The van der Waals surface area contributed by atoms with Crippen molar-refractivity contribution >= 4 is 21.7 Å². The molecule has 0 aliphatic carbocycles. The molecule has 1 unspecified atom stereocenters. The third-order valence-electron chi connectivity index (χ3n) is 4.15. The lowest BCUT2D eigenvalue weighted by molar-refractivity contribution is -0.122. The third kappa shape index (κ3) is 5.30. The van der Waals surface area contributed by atoms with E-state index >= 15 is 0 Å². The van der Waals surface area contributed by atoms with Gasteiger partial charge >= 0.3 is 0 Å². The summed E-state index contributed by atoms with van der Waals surface area (Å²) in [5.41, 5.74) is 1.08. The number of anilines is 1. The van der Waals surface area contributed by atoms with Crippen LogP contribution >= 0.6 is 0 Å². The quantitative estimate of drug-likeness (QED) is 0.798. The van der Waals surface area contributed by atoms with E-state index in [1.807, 2.05) is 18.2 Å². The normalized spacial score (nSPS) is 13.2. The van der Waals surface area contributed by atoms with Crippen molar-refractivity contribution < 1.29 is 17.9 Å². The molecule has 0 fully saturated rings. The van der Waals surface area contributed by atoms with Gasteiger partial charge in [0, 0.05) is 20.3 Å². The van der Waals surface area contributed by atoms with Gasteiger partial charge in [-0.25, -0.2) is 17.7 Å². The van der Waals surface area contributed by atoms with Gasteiger partial charge in [0.25, 0.3) is 5.91 Å².